The van der Waals surface area contributed by atoms with E-state index in [4.69, 9.17) is 0 Å². The molecule has 0 saturated heterocycles. The number of rotatable bonds is 3. The number of halogens is 1. The van der Waals surface area contributed by atoms with Crippen LogP contribution in [-0.4, -0.2) is 8.07 Å². The third kappa shape index (κ3) is 12.0. The first-order valence-electron chi connectivity index (χ1n) is 4.46. The average Bonchev–Trinajstić information content (AvgIpc) is 2.01. The van der Waals surface area contributed by atoms with Crippen LogP contribution in [0.2, 0.25) is 19.6 Å². The van der Waals surface area contributed by atoms with Crippen molar-refractivity contribution in [1.29, 1.82) is 0 Å². The predicted molar refractivity (Wildman–Crippen MR) is 72.7 cm³/mol. The van der Waals surface area contributed by atoms with Crippen LogP contribution in [0.3, 0.4) is 0 Å². The summed E-state index contributed by atoms with van der Waals surface area (Å²) in [7, 11) is -1.14. The van der Waals surface area contributed by atoms with Crippen LogP contribution in [0.5, 0.6) is 0 Å². The normalized spacial score (nSPS) is 12.0. The summed E-state index contributed by atoms with van der Waals surface area (Å²) in [4.78, 5) is 0. The monoisotopic (exact) mass is 304 g/mol. The van der Waals surface area contributed by atoms with Gasteiger partial charge in [-0.15, -0.1) is 11.5 Å². The molecule has 0 nitrogen and oxygen atoms in total. The van der Waals surface area contributed by atoms with E-state index in [2.05, 4.69) is 71.9 Å². The molecule has 0 aromatic heterocycles. The van der Waals surface area contributed by atoms with Gasteiger partial charge in [-0.2, -0.15) is 0 Å². The minimum atomic E-state index is -1.14. The highest BCUT2D eigenvalue weighted by Crippen LogP contribution is 1.97. The fraction of sp³-hybridized carbons (Fsp3) is 0.455. The molecule has 0 N–H and O–H groups in total. The lowest BCUT2D eigenvalue weighted by Gasteiger charge is -2.02. The molecule has 0 heterocycles. The first-order chi connectivity index (χ1) is 6.06. The molecule has 0 spiro atoms. The molecule has 0 amide bonds. The van der Waals surface area contributed by atoms with Crippen molar-refractivity contribution in [1.82, 2.24) is 0 Å². The van der Waals surface area contributed by atoms with Crippen LogP contribution in [-0.2, 0) is 0 Å². The summed E-state index contributed by atoms with van der Waals surface area (Å²) in [6.07, 6.45) is 8.36. The highest BCUT2D eigenvalue weighted by atomic mass is 127. The van der Waals surface area contributed by atoms with Gasteiger partial charge in [-0.3, -0.25) is 0 Å². The van der Waals surface area contributed by atoms with E-state index in [9.17, 15) is 0 Å². The van der Waals surface area contributed by atoms with E-state index in [1.807, 2.05) is 4.08 Å². The van der Waals surface area contributed by atoms with E-state index in [1.165, 1.54) is 0 Å². The zero-order chi connectivity index (χ0) is 10.2. The molecule has 0 aromatic rings. The highest BCUT2D eigenvalue weighted by molar-refractivity contribution is 14.1. The first-order valence-corrected chi connectivity index (χ1v) is 9.21. The van der Waals surface area contributed by atoms with E-state index in [1.54, 1.807) is 0 Å². The van der Waals surface area contributed by atoms with Crippen LogP contribution in [0.1, 0.15) is 12.8 Å². The molecule has 72 valence electrons. The molecule has 0 aliphatic heterocycles. The summed E-state index contributed by atoms with van der Waals surface area (Å²) >= 11 is 2.23. The van der Waals surface area contributed by atoms with Gasteiger partial charge in [0.25, 0.3) is 0 Å². The smallest absolute Gasteiger partial charge is 0.129 e. The molecule has 0 rings (SSSR count). The second-order valence-corrected chi connectivity index (χ2v) is 9.29. The van der Waals surface area contributed by atoms with Gasteiger partial charge in [0.2, 0.25) is 0 Å². The lowest BCUT2D eigenvalue weighted by Crippen LogP contribution is -2.16. The molecule has 0 bridgehead atoms. The van der Waals surface area contributed by atoms with Crippen LogP contribution >= 0.6 is 22.6 Å². The van der Waals surface area contributed by atoms with E-state index in [-0.39, 0.29) is 0 Å². The predicted octanol–water partition coefficient (Wildman–Crippen LogP) is 4.15. The van der Waals surface area contributed by atoms with Gasteiger partial charge in [-0.05, 0) is 10.5 Å². The Morgan fingerprint density at radius 3 is 2.38 bits per heavy atom. The van der Waals surface area contributed by atoms with Crippen molar-refractivity contribution in [3.05, 3.63) is 22.3 Å². The molecule has 0 unspecified atom stereocenters. The molecule has 0 atom stereocenters. The second-order valence-electron chi connectivity index (χ2n) is 3.82. The quantitative estimate of drug-likeness (QED) is 0.318. The van der Waals surface area contributed by atoms with Crippen molar-refractivity contribution in [3.8, 4) is 11.5 Å². The largest absolute Gasteiger partial charge is 0.132 e. The van der Waals surface area contributed by atoms with E-state index in [0.717, 1.165) is 12.8 Å². The Bertz CT molecular complexity index is 235. The van der Waals surface area contributed by atoms with Gasteiger partial charge in [0.1, 0.15) is 8.07 Å². The molecule has 13 heavy (non-hydrogen) atoms. The van der Waals surface area contributed by atoms with E-state index in [0.29, 0.717) is 0 Å². The number of hydrogen-bond donors (Lipinski definition) is 0. The summed E-state index contributed by atoms with van der Waals surface area (Å²) in [5.74, 6) is 3.20. The van der Waals surface area contributed by atoms with Crippen LogP contribution in [0.15, 0.2) is 22.3 Å². The highest BCUT2D eigenvalue weighted by Gasteiger charge is 2.06. The maximum atomic E-state index is 3.33. The van der Waals surface area contributed by atoms with Gasteiger partial charge in [-0.25, -0.2) is 0 Å². The van der Waals surface area contributed by atoms with Crippen LogP contribution in [0, 0.1) is 11.5 Å². The Labute approximate surface area is 96.7 Å². The fourth-order valence-electron chi connectivity index (χ4n) is 0.685. The fourth-order valence-corrected chi connectivity index (χ4v) is 1.61. The van der Waals surface area contributed by atoms with Crippen molar-refractivity contribution in [3.63, 3.8) is 0 Å². The Hall–Kier alpha value is -0.0131. The summed E-state index contributed by atoms with van der Waals surface area (Å²) in [5, 5.41) is 0. The molecule has 0 radical (unpaired) electrons. The Morgan fingerprint density at radius 2 is 1.85 bits per heavy atom. The van der Waals surface area contributed by atoms with Crippen molar-refractivity contribution in [2.75, 3.05) is 0 Å². The Morgan fingerprint density at radius 1 is 1.15 bits per heavy atom. The lowest BCUT2D eigenvalue weighted by atomic mass is 10.3. The summed E-state index contributed by atoms with van der Waals surface area (Å²) < 4.78 is 2.04. The zero-order valence-corrected chi connectivity index (χ0v) is 11.8. The molecule has 0 aromatic carbocycles. The van der Waals surface area contributed by atoms with Crippen molar-refractivity contribution >= 4 is 30.7 Å². The lowest BCUT2D eigenvalue weighted by molar-refractivity contribution is 1.34. The average molecular weight is 304 g/mol. The van der Waals surface area contributed by atoms with E-state index < -0.39 is 8.07 Å². The van der Waals surface area contributed by atoms with Crippen LogP contribution in [0.25, 0.3) is 0 Å². The summed E-state index contributed by atoms with van der Waals surface area (Å²) in [6.45, 7) is 6.80. The number of allylic oxidation sites excluding steroid dienone is 3. The van der Waals surface area contributed by atoms with Crippen molar-refractivity contribution in [2.45, 2.75) is 32.5 Å². The second kappa shape index (κ2) is 7.40. The molecular weight excluding hydrogens is 287 g/mol. The van der Waals surface area contributed by atoms with Gasteiger partial charge in [0.05, 0.1) is 0 Å². The number of hydrogen-bond acceptors (Lipinski definition) is 0. The summed E-state index contributed by atoms with van der Waals surface area (Å²) in [6, 6.07) is 0. The third-order valence-electron chi connectivity index (χ3n) is 1.21. The molecule has 0 saturated carbocycles. The van der Waals surface area contributed by atoms with Crippen molar-refractivity contribution < 1.29 is 0 Å². The van der Waals surface area contributed by atoms with Gasteiger partial charge >= 0.3 is 0 Å². The Kier molecular flexibility index (Phi) is 7.39. The minimum Gasteiger partial charge on any atom is -0.132 e. The molecular formula is C11H17ISi. The molecule has 0 aliphatic carbocycles. The maximum Gasteiger partial charge on any atom is 0.129 e. The molecule has 0 aliphatic rings. The first kappa shape index (κ1) is 13.0. The van der Waals surface area contributed by atoms with Gasteiger partial charge in [0, 0.05) is 6.42 Å². The van der Waals surface area contributed by atoms with Gasteiger partial charge in [-0.1, -0.05) is 60.5 Å². The van der Waals surface area contributed by atoms with Gasteiger partial charge < -0.3 is 0 Å². The summed E-state index contributed by atoms with van der Waals surface area (Å²) in [5.41, 5.74) is 3.33. The standard InChI is InChI=1S/C11H17ISi/c1-13(2,3)11-9-7-5-4-6-8-10-12/h4-5,8,10H,6-7H2,1-3H3. The maximum absolute atomic E-state index is 3.33. The van der Waals surface area contributed by atoms with E-state index >= 15 is 0 Å². The zero-order valence-electron chi connectivity index (χ0n) is 8.60. The van der Waals surface area contributed by atoms with Gasteiger partial charge in [0.15, 0.2) is 0 Å². The van der Waals surface area contributed by atoms with Crippen LogP contribution < -0.4 is 0 Å². The minimum absolute atomic E-state index is 0.902. The van der Waals surface area contributed by atoms with Crippen LogP contribution in [0.4, 0.5) is 0 Å². The topological polar surface area (TPSA) is 0 Å². The molecule has 0 fully saturated rings. The van der Waals surface area contributed by atoms with Crippen molar-refractivity contribution in [2.24, 2.45) is 0 Å². The Balaban J connectivity index is 3.65. The molecule has 2 heteroatoms. The SMILES string of the molecule is C[Si](C)(C)C#CCC=CCC=CI. The third-order valence-corrected chi connectivity index (χ3v) is 2.65.